The van der Waals surface area contributed by atoms with Crippen LogP contribution in [0.2, 0.25) is 0 Å². The fourth-order valence-electron chi connectivity index (χ4n) is 6.00. The van der Waals surface area contributed by atoms with Gasteiger partial charge in [0.1, 0.15) is 11.9 Å². The summed E-state index contributed by atoms with van der Waals surface area (Å²) < 4.78 is 45.7. The number of nitrogens with one attached hydrogen (secondary N) is 2. The number of rotatable bonds is 14. The summed E-state index contributed by atoms with van der Waals surface area (Å²) in [5.41, 5.74) is 8.06. The van der Waals surface area contributed by atoms with Gasteiger partial charge in [0.05, 0.1) is 36.0 Å². The van der Waals surface area contributed by atoms with Crippen molar-refractivity contribution < 1.29 is 37.4 Å². The van der Waals surface area contributed by atoms with Crippen LogP contribution in [0.5, 0.6) is 5.75 Å². The highest BCUT2D eigenvalue weighted by Gasteiger charge is 2.32. The zero-order valence-electron chi connectivity index (χ0n) is 29.3. The smallest absolute Gasteiger partial charge is 0.416 e. The van der Waals surface area contributed by atoms with Crippen molar-refractivity contribution in [3.8, 4) is 5.75 Å². The predicted molar refractivity (Wildman–Crippen MR) is 191 cm³/mol. The maximum Gasteiger partial charge on any atom is 0.416 e. The van der Waals surface area contributed by atoms with Crippen LogP contribution >= 0.6 is 0 Å². The Morgan fingerprint density at radius 1 is 1.02 bits per heavy atom. The maximum atomic E-state index is 13.5. The minimum atomic E-state index is -4.41. The molecule has 1 aliphatic rings. The van der Waals surface area contributed by atoms with Crippen molar-refractivity contribution in [2.24, 2.45) is 5.92 Å². The SMILES string of the molecule is C[C@H]1CN([C@@H](C)CO)C(=O)Cc2cc(NC(=O)CCCCCC(=O)Nc3ccccc3N)ccc2O[C@H]1CN(C)Cc1ccc(C(F)(F)F)cc1. The highest BCUT2D eigenvalue weighted by Crippen LogP contribution is 2.31. The maximum absolute atomic E-state index is 13.5. The van der Waals surface area contributed by atoms with Crippen molar-refractivity contribution in [2.45, 2.75) is 77.2 Å². The molecule has 0 saturated carbocycles. The first-order valence-electron chi connectivity index (χ1n) is 17.2. The van der Waals surface area contributed by atoms with Gasteiger partial charge in [-0.3, -0.25) is 19.3 Å². The number of aliphatic hydroxyl groups excluding tert-OH is 1. The van der Waals surface area contributed by atoms with Gasteiger partial charge in [0.25, 0.3) is 0 Å². The molecule has 3 aromatic rings. The fraction of sp³-hybridized carbons (Fsp3) is 0.447. The van der Waals surface area contributed by atoms with Gasteiger partial charge in [-0.1, -0.05) is 37.6 Å². The average Bonchev–Trinajstić information content (AvgIpc) is 3.12. The molecule has 3 amide bonds. The van der Waals surface area contributed by atoms with E-state index in [0.29, 0.717) is 79.3 Å². The minimum Gasteiger partial charge on any atom is -0.488 e. The van der Waals surface area contributed by atoms with Gasteiger partial charge < -0.3 is 31.1 Å². The Bertz CT molecular complexity index is 1630. The molecule has 0 spiro atoms. The molecule has 0 unspecified atom stereocenters. The van der Waals surface area contributed by atoms with Crippen LogP contribution < -0.4 is 21.1 Å². The third kappa shape index (κ3) is 11.7. The highest BCUT2D eigenvalue weighted by atomic mass is 19.4. The van der Waals surface area contributed by atoms with Crippen LogP contribution in [0.25, 0.3) is 0 Å². The Hall–Kier alpha value is -4.62. The number of hydrogen-bond acceptors (Lipinski definition) is 7. The molecule has 0 fully saturated rings. The quantitative estimate of drug-likeness (QED) is 0.117. The minimum absolute atomic E-state index is 0.000905. The van der Waals surface area contributed by atoms with Gasteiger partial charge in [-0.2, -0.15) is 13.2 Å². The fourth-order valence-corrected chi connectivity index (χ4v) is 6.00. The first kappa shape index (κ1) is 39.2. The lowest BCUT2D eigenvalue weighted by molar-refractivity contribution is -0.137. The molecule has 10 nitrogen and oxygen atoms in total. The van der Waals surface area contributed by atoms with E-state index >= 15 is 0 Å². The molecule has 0 bridgehead atoms. The van der Waals surface area contributed by atoms with Crippen LogP contribution in [0.3, 0.4) is 0 Å². The van der Waals surface area contributed by atoms with Crippen LogP contribution in [-0.4, -0.2) is 71.5 Å². The summed E-state index contributed by atoms with van der Waals surface area (Å²) in [6.45, 7) is 4.66. The van der Waals surface area contributed by atoms with Gasteiger partial charge in [0, 0.05) is 49.6 Å². The normalized spacial score (nSPS) is 17.1. The number of unbranched alkanes of at least 4 members (excludes halogenated alkanes) is 2. The number of aliphatic hydroxyl groups is 1. The predicted octanol–water partition coefficient (Wildman–Crippen LogP) is 6.10. The van der Waals surface area contributed by atoms with Gasteiger partial charge in [-0.05, 0) is 74.8 Å². The van der Waals surface area contributed by atoms with Crippen molar-refractivity contribution in [3.05, 3.63) is 83.4 Å². The van der Waals surface area contributed by atoms with Crippen LogP contribution in [0.4, 0.5) is 30.2 Å². The number of benzene rings is 3. The molecule has 276 valence electrons. The van der Waals surface area contributed by atoms with Crippen LogP contribution in [0.15, 0.2) is 66.7 Å². The number of ether oxygens (including phenoxy) is 1. The number of alkyl halides is 3. The lowest BCUT2D eigenvalue weighted by atomic mass is 10.0. The lowest BCUT2D eigenvalue weighted by Crippen LogP contribution is -2.47. The Morgan fingerprint density at radius 2 is 1.69 bits per heavy atom. The Morgan fingerprint density at radius 3 is 2.33 bits per heavy atom. The summed E-state index contributed by atoms with van der Waals surface area (Å²) in [6.07, 6.45) is -2.35. The number of carbonyl (C=O) groups is 3. The molecule has 1 heterocycles. The molecule has 5 N–H and O–H groups in total. The molecular weight excluding hydrogens is 663 g/mol. The van der Waals surface area contributed by atoms with E-state index in [4.69, 9.17) is 10.5 Å². The van der Waals surface area contributed by atoms with Gasteiger partial charge in [0.15, 0.2) is 0 Å². The number of likely N-dealkylation sites (N-methyl/N-ethyl adjacent to an activating group) is 1. The Kier molecular flexibility index (Phi) is 13.9. The van der Waals surface area contributed by atoms with E-state index in [1.54, 1.807) is 54.3 Å². The van der Waals surface area contributed by atoms with E-state index in [0.717, 1.165) is 12.1 Å². The van der Waals surface area contributed by atoms with Crippen LogP contribution in [0, 0.1) is 5.92 Å². The Balaban J connectivity index is 1.37. The number of hydrogen-bond donors (Lipinski definition) is 4. The van der Waals surface area contributed by atoms with Crippen molar-refractivity contribution in [1.82, 2.24) is 9.80 Å². The second-order valence-electron chi connectivity index (χ2n) is 13.3. The highest BCUT2D eigenvalue weighted by molar-refractivity contribution is 5.94. The summed E-state index contributed by atoms with van der Waals surface area (Å²) in [4.78, 5) is 42.2. The number of fused-ring (bicyclic) bond motifs is 1. The van der Waals surface area contributed by atoms with E-state index in [2.05, 4.69) is 10.6 Å². The van der Waals surface area contributed by atoms with E-state index in [-0.39, 0.29) is 43.1 Å². The van der Waals surface area contributed by atoms with Crippen molar-refractivity contribution in [3.63, 3.8) is 0 Å². The molecule has 51 heavy (non-hydrogen) atoms. The zero-order chi connectivity index (χ0) is 37.1. The molecule has 13 heteroatoms. The number of para-hydroxylation sites is 2. The van der Waals surface area contributed by atoms with E-state index in [9.17, 15) is 32.7 Å². The van der Waals surface area contributed by atoms with Gasteiger partial charge in [-0.15, -0.1) is 0 Å². The van der Waals surface area contributed by atoms with Crippen LogP contribution in [-0.2, 0) is 33.5 Å². The number of anilines is 3. The summed E-state index contributed by atoms with van der Waals surface area (Å²) in [5.74, 6) is -0.186. The van der Waals surface area contributed by atoms with Gasteiger partial charge in [-0.25, -0.2) is 0 Å². The number of amides is 3. The first-order valence-corrected chi connectivity index (χ1v) is 17.2. The second kappa shape index (κ2) is 18.0. The van der Waals surface area contributed by atoms with Crippen molar-refractivity contribution in [2.75, 3.05) is 43.1 Å². The number of nitrogen functional groups attached to an aromatic ring is 1. The molecule has 0 aromatic heterocycles. The number of nitrogens with zero attached hydrogens (tertiary/aromatic N) is 2. The van der Waals surface area contributed by atoms with E-state index < -0.39 is 23.9 Å². The molecule has 3 atom stereocenters. The summed E-state index contributed by atoms with van der Waals surface area (Å²) in [5, 5.41) is 15.6. The Labute approximate surface area is 297 Å². The van der Waals surface area contributed by atoms with Gasteiger partial charge in [0.2, 0.25) is 17.7 Å². The zero-order valence-corrected chi connectivity index (χ0v) is 29.3. The number of halogens is 3. The molecule has 4 rings (SSSR count). The number of nitrogens with two attached hydrogens (primary N) is 1. The summed E-state index contributed by atoms with van der Waals surface area (Å²) in [7, 11) is 1.86. The average molecular weight is 712 g/mol. The van der Waals surface area contributed by atoms with Crippen molar-refractivity contribution in [1.29, 1.82) is 0 Å². The van der Waals surface area contributed by atoms with Crippen molar-refractivity contribution >= 4 is 34.8 Å². The molecular formula is C38H48F3N5O5. The second-order valence-corrected chi connectivity index (χ2v) is 13.3. The lowest BCUT2D eigenvalue weighted by Gasteiger charge is -2.34. The molecule has 3 aromatic carbocycles. The van der Waals surface area contributed by atoms with Crippen LogP contribution in [0.1, 0.15) is 62.6 Å². The standard InChI is InChI=1S/C38H48F3N5O5/c1-25-21-46(26(2)24-47)37(50)20-28-19-30(43-35(48)11-5-4-6-12-36(49)44-32-10-8-7-9-31(32)42)17-18-33(28)51-34(25)23-45(3)22-27-13-15-29(16-14-27)38(39,40)41/h7-10,13-19,25-26,34,47H,4-6,11-12,20-24,42H2,1-3H3,(H,43,48)(H,44,49)/t25-,26-,34-/m0/s1. The third-order valence-corrected chi connectivity index (χ3v) is 8.97. The first-order chi connectivity index (χ1) is 24.2. The molecule has 0 radical (unpaired) electrons. The number of carbonyl (C=O) groups excluding carboxylic acids is 3. The van der Waals surface area contributed by atoms with E-state index in [1.807, 2.05) is 18.9 Å². The third-order valence-electron chi connectivity index (χ3n) is 8.97. The van der Waals surface area contributed by atoms with E-state index in [1.165, 1.54) is 12.1 Å². The summed E-state index contributed by atoms with van der Waals surface area (Å²) >= 11 is 0. The molecule has 0 saturated heterocycles. The molecule has 0 aliphatic carbocycles. The largest absolute Gasteiger partial charge is 0.488 e. The molecule has 1 aliphatic heterocycles. The van der Waals surface area contributed by atoms with Gasteiger partial charge >= 0.3 is 6.18 Å². The summed E-state index contributed by atoms with van der Waals surface area (Å²) in [6, 6.07) is 16.9. The topological polar surface area (TPSA) is 137 Å². The monoisotopic (exact) mass is 711 g/mol.